The predicted molar refractivity (Wildman–Crippen MR) is 88.4 cm³/mol. The molecule has 0 aliphatic carbocycles. The predicted octanol–water partition coefficient (Wildman–Crippen LogP) is 1.55. The van der Waals surface area contributed by atoms with Gasteiger partial charge in [-0.3, -0.25) is 4.79 Å². The Morgan fingerprint density at radius 3 is 3.00 bits per heavy atom. The summed E-state index contributed by atoms with van der Waals surface area (Å²) in [7, 11) is 0. The number of nitrogens with two attached hydrogens (primary N) is 1. The monoisotopic (exact) mass is 364 g/mol. The molecule has 2 aromatic rings. The van der Waals surface area contributed by atoms with Gasteiger partial charge in [-0.15, -0.1) is 0 Å². The average molecular weight is 364 g/mol. The third kappa shape index (κ3) is 4.20. The lowest BCUT2D eigenvalue weighted by molar-refractivity contribution is -0.137. The molecule has 2 atom stereocenters. The molecule has 3 N–H and O–H groups in total. The zero-order valence-electron chi connectivity index (χ0n) is 14.0. The number of carbonyl (C=O) groups excluding carboxylic acids is 1. The van der Waals surface area contributed by atoms with Crippen LogP contribution in [0.1, 0.15) is 37.5 Å². The van der Waals surface area contributed by atoms with Gasteiger partial charge in [0, 0.05) is 6.42 Å². The van der Waals surface area contributed by atoms with Crippen LogP contribution in [0.2, 0.25) is 0 Å². The van der Waals surface area contributed by atoms with Crippen molar-refractivity contribution < 1.29 is 28.9 Å². The number of hydrogen-bond acceptors (Lipinski definition) is 8. The molecular weight excluding hydrogens is 344 g/mol. The molecular formula is C16H20N4O6. The number of hydrogen-bond donors (Lipinski definition) is 2. The zero-order chi connectivity index (χ0) is 18.5. The minimum Gasteiger partial charge on any atom is -0.481 e. The summed E-state index contributed by atoms with van der Waals surface area (Å²) in [6.07, 6.45) is 1.84. The van der Waals surface area contributed by atoms with Gasteiger partial charge in [-0.2, -0.15) is 5.10 Å². The standard InChI is InChI=1S/C16H20N4O6/c17-15-12-5-4-11(20(12)19-9-18-15)13-6-3-10(26-13)8-25-16(23)24-7-1-2-14(21)22/h4-5,9-10,13H,1-3,6-8H2,(H,21,22)(H2,17,18,19). The van der Waals surface area contributed by atoms with E-state index in [1.54, 1.807) is 4.52 Å². The number of ether oxygens (including phenoxy) is 3. The molecule has 0 aromatic carbocycles. The smallest absolute Gasteiger partial charge is 0.481 e. The summed E-state index contributed by atoms with van der Waals surface area (Å²) in [5, 5.41) is 12.7. The summed E-state index contributed by atoms with van der Waals surface area (Å²) in [6.45, 7) is 0.0885. The molecule has 140 valence electrons. The molecule has 3 heterocycles. The van der Waals surface area contributed by atoms with Gasteiger partial charge in [-0.25, -0.2) is 14.3 Å². The van der Waals surface area contributed by atoms with Crippen LogP contribution in [0.15, 0.2) is 18.5 Å². The zero-order valence-corrected chi connectivity index (χ0v) is 14.0. The number of fused-ring (bicyclic) bond motifs is 1. The molecule has 1 aliphatic rings. The van der Waals surface area contributed by atoms with Crippen LogP contribution in [0.4, 0.5) is 10.6 Å². The van der Waals surface area contributed by atoms with Crippen molar-refractivity contribution in [3.63, 3.8) is 0 Å². The van der Waals surface area contributed by atoms with Gasteiger partial charge in [-0.05, 0) is 31.4 Å². The largest absolute Gasteiger partial charge is 0.508 e. The number of anilines is 1. The summed E-state index contributed by atoms with van der Waals surface area (Å²) < 4.78 is 17.5. The number of carboxylic acid groups (broad SMARTS) is 1. The summed E-state index contributed by atoms with van der Waals surface area (Å²) in [5.41, 5.74) is 7.41. The van der Waals surface area contributed by atoms with Crippen LogP contribution >= 0.6 is 0 Å². The van der Waals surface area contributed by atoms with E-state index in [9.17, 15) is 9.59 Å². The van der Waals surface area contributed by atoms with Gasteiger partial charge in [0.15, 0.2) is 5.82 Å². The van der Waals surface area contributed by atoms with E-state index in [1.807, 2.05) is 12.1 Å². The van der Waals surface area contributed by atoms with Crippen molar-refractivity contribution in [2.75, 3.05) is 18.9 Å². The van der Waals surface area contributed by atoms with E-state index in [4.69, 9.17) is 25.1 Å². The Kier molecular flexibility index (Phi) is 5.52. The van der Waals surface area contributed by atoms with Gasteiger partial charge in [0.25, 0.3) is 0 Å². The van der Waals surface area contributed by atoms with Crippen LogP contribution in [0.5, 0.6) is 0 Å². The lowest BCUT2D eigenvalue weighted by Crippen LogP contribution is -2.19. The maximum absolute atomic E-state index is 11.5. The normalized spacial score (nSPS) is 19.5. The van der Waals surface area contributed by atoms with Crippen molar-refractivity contribution in [3.05, 3.63) is 24.2 Å². The third-order valence-corrected chi connectivity index (χ3v) is 4.09. The maximum atomic E-state index is 11.5. The topological polar surface area (TPSA) is 138 Å². The van der Waals surface area contributed by atoms with Crippen LogP contribution in [0.3, 0.4) is 0 Å². The van der Waals surface area contributed by atoms with Crippen molar-refractivity contribution in [1.82, 2.24) is 14.6 Å². The number of aliphatic carboxylic acids is 1. The van der Waals surface area contributed by atoms with E-state index >= 15 is 0 Å². The van der Waals surface area contributed by atoms with E-state index in [0.29, 0.717) is 5.82 Å². The molecule has 2 aromatic heterocycles. The van der Waals surface area contributed by atoms with Crippen molar-refractivity contribution in [3.8, 4) is 0 Å². The Labute approximate surface area is 148 Å². The van der Waals surface area contributed by atoms with Gasteiger partial charge in [0.05, 0.1) is 18.4 Å². The Bertz CT molecular complexity index is 792. The molecule has 3 rings (SSSR count). The minimum atomic E-state index is -0.933. The van der Waals surface area contributed by atoms with E-state index in [-0.39, 0.29) is 38.3 Å². The second-order valence-corrected chi connectivity index (χ2v) is 5.93. The van der Waals surface area contributed by atoms with Gasteiger partial charge >= 0.3 is 12.1 Å². The first-order valence-electron chi connectivity index (χ1n) is 8.29. The summed E-state index contributed by atoms with van der Waals surface area (Å²) in [4.78, 5) is 25.8. The maximum Gasteiger partial charge on any atom is 0.508 e. The van der Waals surface area contributed by atoms with Crippen molar-refractivity contribution >= 4 is 23.5 Å². The van der Waals surface area contributed by atoms with Crippen LogP contribution in [0, 0.1) is 0 Å². The van der Waals surface area contributed by atoms with E-state index in [0.717, 1.165) is 24.1 Å². The Morgan fingerprint density at radius 2 is 2.19 bits per heavy atom. The van der Waals surface area contributed by atoms with Gasteiger partial charge in [-0.1, -0.05) is 0 Å². The molecule has 2 unspecified atom stereocenters. The number of rotatable bonds is 7. The quantitative estimate of drug-likeness (QED) is 0.553. The minimum absolute atomic E-state index is 0.0105. The Morgan fingerprint density at radius 1 is 1.35 bits per heavy atom. The highest BCUT2D eigenvalue weighted by atomic mass is 16.7. The van der Waals surface area contributed by atoms with Crippen molar-refractivity contribution in [1.29, 1.82) is 0 Å². The Hall–Kier alpha value is -2.88. The average Bonchev–Trinajstić information content (AvgIpc) is 3.24. The molecule has 0 bridgehead atoms. The molecule has 0 amide bonds. The first kappa shape index (κ1) is 17.9. The summed E-state index contributed by atoms with van der Waals surface area (Å²) in [5.74, 6) is -0.535. The molecule has 0 spiro atoms. The molecule has 1 saturated heterocycles. The fourth-order valence-electron chi connectivity index (χ4n) is 2.84. The number of carbonyl (C=O) groups is 2. The molecule has 1 fully saturated rings. The highest BCUT2D eigenvalue weighted by Gasteiger charge is 2.30. The first-order valence-corrected chi connectivity index (χ1v) is 8.29. The number of carboxylic acids is 1. The second-order valence-electron chi connectivity index (χ2n) is 5.93. The number of nitrogens with zero attached hydrogens (tertiary/aromatic N) is 3. The summed E-state index contributed by atoms with van der Waals surface area (Å²) in [6, 6.07) is 3.73. The molecule has 10 heteroatoms. The lowest BCUT2D eigenvalue weighted by Gasteiger charge is -2.14. The highest BCUT2D eigenvalue weighted by molar-refractivity contribution is 5.66. The van der Waals surface area contributed by atoms with E-state index in [2.05, 4.69) is 10.1 Å². The first-order chi connectivity index (χ1) is 12.5. The van der Waals surface area contributed by atoms with E-state index < -0.39 is 12.1 Å². The summed E-state index contributed by atoms with van der Waals surface area (Å²) >= 11 is 0. The fourth-order valence-corrected chi connectivity index (χ4v) is 2.84. The second kappa shape index (κ2) is 8.00. The van der Waals surface area contributed by atoms with Crippen molar-refractivity contribution in [2.24, 2.45) is 0 Å². The fraction of sp³-hybridized carbons (Fsp3) is 0.500. The van der Waals surface area contributed by atoms with Crippen molar-refractivity contribution in [2.45, 2.75) is 37.9 Å². The molecule has 0 saturated carbocycles. The molecule has 10 nitrogen and oxygen atoms in total. The van der Waals surface area contributed by atoms with E-state index in [1.165, 1.54) is 6.33 Å². The van der Waals surface area contributed by atoms with Crippen LogP contribution in [-0.2, 0) is 19.0 Å². The lowest BCUT2D eigenvalue weighted by atomic mass is 10.1. The Balaban J connectivity index is 1.46. The van der Waals surface area contributed by atoms with Crippen LogP contribution in [-0.4, -0.2) is 51.1 Å². The number of aromatic nitrogens is 3. The molecule has 1 aliphatic heterocycles. The molecule has 26 heavy (non-hydrogen) atoms. The number of nitrogen functional groups attached to an aromatic ring is 1. The van der Waals surface area contributed by atoms with Gasteiger partial charge < -0.3 is 25.1 Å². The van der Waals surface area contributed by atoms with Crippen LogP contribution < -0.4 is 5.73 Å². The molecule has 0 radical (unpaired) electrons. The van der Waals surface area contributed by atoms with Crippen LogP contribution in [0.25, 0.3) is 5.52 Å². The van der Waals surface area contributed by atoms with Gasteiger partial charge in [0.2, 0.25) is 0 Å². The highest BCUT2D eigenvalue weighted by Crippen LogP contribution is 2.33. The van der Waals surface area contributed by atoms with Gasteiger partial charge in [0.1, 0.15) is 24.6 Å². The third-order valence-electron chi connectivity index (χ3n) is 4.09. The SMILES string of the molecule is Nc1ncnn2c(C3CCC(COC(=O)OCCCC(=O)O)O3)ccc12.